The summed E-state index contributed by atoms with van der Waals surface area (Å²) in [6.07, 6.45) is 0. The number of carbonyl (C=O) groups excluding carboxylic acids is 1. The van der Waals surface area contributed by atoms with Crippen LogP contribution in [0.5, 0.6) is 5.75 Å². The highest BCUT2D eigenvalue weighted by Crippen LogP contribution is 2.31. The van der Waals surface area contributed by atoms with E-state index in [1.807, 2.05) is 51.1 Å². The summed E-state index contributed by atoms with van der Waals surface area (Å²) in [6, 6.07) is 18.3. The van der Waals surface area contributed by atoms with E-state index in [9.17, 15) is 4.79 Å². The van der Waals surface area contributed by atoms with Gasteiger partial charge in [0.1, 0.15) is 5.75 Å². The molecule has 1 aromatic heterocycles. The molecule has 27 heavy (non-hydrogen) atoms. The number of ether oxygens (including phenoxy) is 1. The maximum absolute atomic E-state index is 12.7. The van der Waals surface area contributed by atoms with Gasteiger partial charge in [0.05, 0.1) is 18.4 Å². The van der Waals surface area contributed by atoms with Crippen molar-refractivity contribution in [3.63, 3.8) is 0 Å². The highest BCUT2D eigenvalue weighted by atomic mass is 16.5. The van der Waals surface area contributed by atoms with E-state index in [1.54, 1.807) is 7.11 Å². The molecule has 4 nitrogen and oxygen atoms in total. The molecule has 3 rings (SSSR count). The number of nitrogens with one attached hydrogen (secondary N) is 1. The average Bonchev–Trinajstić information content (AvgIpc) is 2.99. The highest BCUT2D eigenvalue weighted by molar-refractivity contribution is 5.97. The molecule has 0 saturated carbocycles. The molecule has 0 radical (unpaired) electrons. The van der Waals surface area contributed by atoms with Crippen molar-refractivity contribution < 1.29 is 9.53 Å². The zero-order valence-electron chi connectivity index (χ0n) is 16.5. The SMILES string of the molecule is COc1ccc(-c2cc(C(=O)NC(C)C)c(C)n2-c2ccc(C)cc2)cc1. The summed E-state index contributed by atoms with van der Waals surface area (Å²) < 4.78 is 7.41. The van der Waals surface area contributed by atoms with E-state index in [0.717, 1.165) is 28.4 Å². The molecule has 1 N–H and O–H groups in total. The van der Waals surface area contributed by atoms with Crippen LogP contribution in [0.1, 0.15) is 35.5 Å². The quantitative estimate of drug-likeness (QED) is 0.701. The monoisotopic (exact) mass is 362 g/mol. The first kappa shape index (κ1) is 18.8. The van der Waals surface area contributed by atoms with Crippen molar-refractivity contribution in [1.29, 1.82) is 0 Å². The number of hydrogen-bond acceptors (Lipinski definition) is 2. The molecule has 0 aliphatic heterocycles. The minimum atomic E-state index is -0.0527. The molecule has 0 aliphatic rings. The Morgan fingerprint density at radius 2 is 1.63 bits per heavy atom. The van der Waals surface area contributed by atoms with Crippen molar-refractivity contribution in [1.82, 2.24) is 9.88 Å². The number of rotatable bonds is 5. The van der Waals surface area contributed by atoms with Crippen molar-refractivity contribution in [2.24, 2.45) is 0 Å². The fourth-order valence-electron chi connectivity index (χ4n) is 3.18. The van der Waals surface area contributed by atoms with Crippen LogP contribution in [-0.2, 0) is 0 Å². The van der Waals surface area contributed by atoms with Gasteiger partial charge in [0.15, 0.2) is 0 Å². The predicted octanol–water partition coefficient (Wildman–Crippen LogP) is 4.91. The molecule has 0 spiro atoms. The molecule has 140 valence electrons. The molecule has 0 unspecified atom stereocenters. The average molecular weight is 362 g/mol. The molecule has 2 aromatic carbocycles. The van der Waals surface area contributed by atoms with Crippen LogP contribution in [0, 0.1) is 13.8 Å². The summed E-state index contributed by atoms with van der Waals surface area (Å²) in [5.41, 5.74) is 5.86. The van der Waals surface area contributed by atoms with E-state index in [2.05, 4.69) is 41.1 Å². The zero-order valence-corrected chi connectivity index (χ0v) is 16.5. The van der Waals surface area contributed by atoms with Crippen molar-refractivity contribution >= 4 is 5.91 Å². The number of benzene rings is 2. The Morgan fingerprint density at radius 1 is 1.00 bits per heavy atom. The van der Waals surface area contributed by atoms with E-state index in [4.69, 9.17) is 4.74 Å². The number of aryl methyl sites for hydroxylation is 1. The first-order valence-corrected chi connectivity index (χ1v) is 9.15. The first-order valence-electron chi connectivity index (χ1n) is 9.15. The molecule has 1 amide bonds. The third-order valence-corrected chi connectivity index (χ3v) is 4.59. The lowest BCUT2D eigenvalue weighted by atomic mass is 10.1. The lowest BCUT2D eigenvalue weighted by Crippen LogP contribution is -2.30. The maximum atomic E-state index is 12.7. The topological polar surface area (TPSA) is 43.3 Å². The zero-order chi connectivity index (χ0) is 19.6. The second-order valence-electron chi connectivity index (χ2n) is 7.06. The molecular formula is C23H26N2O2. The van der Waals surface area contributed by atoms with Gasteiger partial charge in [0.25, 0.3) is 5.91 Å². The van der Waals surface area contributed by atoms with Crippen LogP contribution >= 0.6 is 0 Å². The van der Waals surface area contributed by atoms with Crippen molar-refractivity contribution in [3.8, 4) is 22.7 Å². The Hall–Kier alpha value is -3.01. The Morgan fingerprint density at radius 3 is 2.19 bits per heavy atom. The van der Waals surface area contributed by atoms with E-state index in [0.29, 0.717) is 5.56 Å². The predicted molar refractivity (Wildman–Crippen MR) is 110 cm³/mol. The molecule has 0 bridgehead atoms. The Bertz CT molecular complexity index is 936. The van der Waals surface area contributed by atoms with Crippen molar-refractivity contribution in [2.75, 3.05) is 7.11 Å². The minimum Gasteiger partial charge on any atom is -0.497 e. The van der Waals surface area contributed by atoms with Crippen LogP contribution in [0.4, 0.5) is 0 Å². The number of methoxy groups -OCH3 is 1. The highest BCUT2D eigenvalue weighted by Gasteiger charge is 2.20. The maximum Gasteiger partial charge on any atom is 0.253 e. The molecule has 0 saturated heterocycles. The number of aromatic nitrogens is 1. The fourth-order valence-corrected chi connectivity index (χ4v) is 3.18. The summed E-state index contributed by atoms with van der Waals surface area (Å²) in [4.78, 5) is 12.7. The van der Waals surface area contributed by atoms with Crippen molar-refractivity contribution in [3.05, 3.63) is 71.4 Å². The van der Waals surface area contributed by atoms with Crippen molar-refractivity contribution in [2.45, 2.75) is 33.7 Å². The number of carbonyl (C=O) groups is 1. The normalized spacial score (nSPS) is 10.9. The van der Waals surface area contributed by atoms with E-state index in [1.165, 1.54) is 5.56 Å². The summed E-state index contributed by atoms with van der Waals surface area (Å²) in [5, 5.41) is 3.00. The van der Waals surface area contributed by atoms with Gasteiger partial charge in [-0.2, -0.15) is 0 Å². The van der Waals surface area contributed by atoms with Crippen LogP contribution in [0.15, 0.2) is 54.6 Å². The van der Waals surface area contributed by atoms with Gasteiger partial charge in [-0.3, -0.25) is 4.79 Å². The molecule has 1 heterocycles. The summed E-state index contributed by atoms with van der Waals surface area (Å²) in [5.74, 6) is 0.754. The summed E-state index contributed by atoms with van der Waals surface area (Å²) in [7, 11) is 1.66. The number of amides is 1. The van der Waals surface area contributed by atoms with Crippen LogP contribution in [0.3, 0.4) is 0 Å². The number of nitrogens with zero attached hydrogens (tertiary/aromatic N) is 1. The Kier molecular flexibility index (Phi) is 5.36. The second-order valence-corrected chi connectivity index (χ2v) is 7.06. The standard InChI is InChI=1S/C23H26N2O2/c1-15(2)24-23(26)21-14-22(18-8-12-20(27-5)13-9-18)25(17(21)4)19-10-6-16(3)7-11-19/h6-15H,1-5H3,(H,24,26). The van der Waals surface area contributed by atoms with Gasteiger partial charge in [0.2, 0.25) is 0 Å². The van der Waals surface area contributed by atoms with Crippen LogP contribution in [0.25, 0.3) is 16.9 Å². The third-order valence-electron chi connectivity index (χ3n) is 4.59. The molecule has 0 atom stereocenters. The van der Waals surface area contributed by atoms with Gasteiger partial charge >= 0.3 is 0 Å². The molecule has 0 aliphatic carbocycles. The Labute approximate surface area is 160 Å². The smallest absolute Gasteiger partial charge is 0.253 e. The van der Waals surface area contributed by atoms with Gasteiger partial charge in [-0.15, -0.1) is 0 Å². The van der Waals surface area contributed by atoms with E-state index >= 15 is 0 Å². The van der Waals surface area contributed by atoms with Gasteiger partial charge in [-0.1, -0.05) is 17.7 Å². The largest absolute Gasteiger partial charge is 0.497 e. The minimum absolute atomic E-state index is 0.0527. The second kappa shape index (κ2) is 7.70. The van der Waals surface area contributed by atoms with Gasteiger partial charge in [0, 0.05) is 17.4 Å². The Balaban J connectivity index is 2.17. The van der Waals surface area contributed by atoms with Crippen LogP contribution in [-0.4, -0.2) is 23.6 Å². The molecule has 0 fully saturated rings. The summed E-state index contributed by atoms with van der Waals surface area (Å²) >= 11 is 0. The number of hydrogen-bond donors (Lipinski definition) is 1. The third kappa shape index (κ3) is 3.90. The lowest BCUT2D eigenvalue weighted by molar-refractivity contribution is 0.0942. The fraction of sp³-hybridized carbons (Fsp3) is 0.261. The lowest BCUT2D eigenvalue weighted by Gasteiger charge is -2.13. The van der Waals surface area contributed by atoms with Gasteiger partial charge in [-0.25, -0.2) is 0 Å². The van der Waals surface area contributed by atoms with Gasteiger partial charge in [-0.05, 0) is 75.7 Å². The first-order chi connectivity index (χ1) is 12.9. The van der Waals surface area contributed by atoms with Crippen LogP contribution in [0.2, 0.25) is 0 Å². The summed E-state index contributed by atoms with van der Waals surface area (Å²) in [6.45, 7) is 7.99. The van der Waals surface area contributed by atoms with Crippen LogP contribution < -0.4 is 10.1 Å². The molecular weight excluding hydrogens is 336 g/mol. The van der Waals surface area contributed by atoms with Gasteiger partial charge < -0.3 is 14.6 Å². The van der Waals surface area contributed by atoms with E-state index < -0.39 is 0 Å². The molecule has 3 aromatic rings. The molecule has 4 heteroatoms. The van der Waals surface area contributed by atoms with E-state index in [-0.39, 0.29) is 11.9 Å².